The summed E-state index contributed by atoms with van der Waals surface area (Å²) in [4.78, 5) is 40.9. The third-order valence-corrected chi connectivity index (χ3v) is 5.41. The average molecular weight is 471 g/mol. The molecule has 0 saturated carbocycles. The quantitative estimate of drug-likeness (QED) is 0.292. The van der Waals surface area contributed by atoms with E-state index in [1.807, 2.05) is 24.3 Å². The molecule has 0 saturated heterocycles. The van der Waals surface area contributed by atoms with Crippen LogP contribution in [0.5, 0.6) is 0 Å². The van der Waals surface area contributed by atoms with Crippen LogP contribution in [0.1, 0.15) is 21.5 Å². The molecule has 1 unspecified atom stereocenters. The van der Waals surface area contributed by atoms with Gasteiger partial charge in [0.1, 0.15) is 17.6 Å². The number of halogens is 1. The molecule has 1 atom stereocenters. The molecule has 0 aliphatic rings. The Bertz CT molecular complexity index is 1390. The van der Waals surface area contributed by atoms with E-state index in [0.717, 1.165) is 16.5 Å². The van der Waals surface area contributed by atoms with Crippen molar-refractivity contribution in [1.29, 1.82) is 0 Å². The molecule has 0 aliphatic heterocycles. The lowest BCUT2D eigenvalue weighted by molar-refractivity contribution is -0.141. The topological polar surface area (TPSA) is 111 Å². The molecular weight excluding hydrogens is 449 g/mol. The second-order valence-corrected chi connectivity index (χ2v) is 7.86. The number of para-hydroxylation sites is 1. The number of H-pyrrole nitrogens is 1. The number of amides is 2. The van der Waals surface area contributed by atoms with Gasteiger partial charge >= 0.3 is 5.97 Å². The van der Waals surface area contributed by atoms with Crippen LogP contribution in [0.4, 0.5) is 4.39 Å². The van der Waals surface area contributed by atoms with Crippen molar-refractivity contribution in [3.05, 3.63) is 113 Å². The van der Waals surface area contributed by atoms with E-state index in [1.54, 1.807) is 36.5 Å². The smallest absolute Gasteiger partial charge is 0.326 e. The van der Waals surface area contributed by atoms with E-state index in [0.29, 0.717) is 11.1 Å². The molecule has 35 heavy (non-hydrogen) atoms. The summed E-state index contributed by atoms with van der Waals surface area (Å²) in [5, 5.41) is 15.7. The molecule has 0 radical (unpaired) electrons. The van der Waals surface area contributed by atoms with Gasteiger partial charge in [0.25, 0.3) is 11.8 Å². The Hall–Kier alpha value is -4.72. The van der Waals surface area contributed by atoms with Crippen LogP contribution in [0.15, 0.2) is 90.8 Å². The van der Waals surface area contributed by atoms with Crippen molar-refractivity contribution >= 4 is 34.8 Å². The van der Waals surface area contributed by atoms with Crippen molar-refractivity contribution in [1.82, 2.24) is 15.6 Å². The first kappa shape index (κ1) is 23.4. The highest BCUT2D eigenvalue weighted by atomic mass is 19.1. The third kappa shape index (κ3) is 5.80. The summed E-state index contributed by atoms with van der Waals surface area (Å²) in [6, 6.07) is 19.8. The second kappa shape index (κ2) is 10.5. The summed E-state index contributed by atoms with van der Waals surface area (Å²) >= 11 is 0. The summed E-state index contributed by atoms with van der Waals surface area (Å²) in [5.74, 6) is -3.01. The van der Waals surface area contributed by atoms with Gasteiger partial charge < -0.3 is 20.7 Å². The summed E-state index contributed by atoms with van der Waals surface area (Å²) in [6.45, 7) is 0. The van der Waals surface area contributed by atoms with E-state index in [-0.39, 0.29) is 12.1 Å². The van der Waals surface area contributed by atoms with E-state index < -0.39 is 29.6 Å². The maximum absolute atomic E-state index is 13.3. The molecule has 8 heteroatoms. The van der Waals surface area contributed by atoms with Gasteiger partial charge in [-0.2, -0.15) is 0 Å². The molecule has 2 amide bonds. The molecule has 176 valence electrons. The summed E-state index contributed by atoms with van der Waals surface area (Å²) in [5.41, 5.74) is 2.18. The van der Waals surface area contributed by atoms with E-state index >= 15 is 0 Å². The maximum Gasteiger partial charge on any atom is 0.326 e. The lowest BCUT2D eigenvalue weighted by atomic mass is 10.0. The number of aliphatic carboxylic acids is 1. The fraction of sp³-hybridized carbons (Fsp3) is 0.0741. The lowest BCUT2D eigenvalue weighted by Gasteiger charge is -2.17. The number of aromatic nitrogens is 1. The Kier molecular flexibility index (Phi) is 7.02. The first-order valence-corrected chi connectivity index (χ1v) is 10.8. The standard InChI is InChI=1S/C27H22FN3O4/c28-20-12-10-17(11-13-20)14-23(30-25(32)18-6-2-1-3-7-18)26(33)31-24(27(34)35)15-19-16-29-22-9-5-4-8-21(19)22/h1-14,16,24,29H,15H2,(H,30,32)(H,31,33)(H,34,35). The Labute approximate surface area is 200 Å². The maximum atomic E-state index is 13.3. The van der Waals surface area contributed by atoms with Crippen molar-refractivity contribution in [3.63, 3.8) is 0 Å². The number of carbonyl (C=O) groups excluding carboxylic acids is 2. The molecule has 4 aromatic rings. The zero-order valence-electron chi connectivity index (χ0n) is 18.5. The zero-order chi connectivity index (χ0) is 24.8. The first-order chi connectivity index (χ1) is 16.9. The van der Waals surface area contributed by atoms with Crippen LogP contribution in [0, 0.1) is 5.82 Å². The Balaban J connectivity index is 1.59. The van der Waals surface area contributed by atoms with Crippen LogP contribution in [0.3, 0.4) is 0 Å². The van der Waals surface area contributed by atoms with Gasteiger partial charge in [0.15, 0.2) is 0 Å². The summed E-state index contributed by atoms with van der Waals surface area (Å²) < 4.78 is 13.3. The van der Waals surface area contributed by atoms with Crippen LogP contribution in [0.25, 0.3) is 17.0 Å². The number of aromatic amines is 1. The molecule has 0 fully saturated rings. The monoisotopic (exact) mass is 471 g/mol. The van der Waals surface area contributed by atoms with Gasteiger partial charge in [0.2, 0.25) is 0 Å². The third-order valence-electron chi connectivity index (χ3n) is 5.41. The van der Waals surface area contributed by atoms with Gasteiger partial charge in [-0.15, -0.1) is 0 Å². The molecule has 0 aliphatic carbocycles. The SMILES string of the molecule is O=C(NC(Cc1c[nH]c2ccccc12)C(=O)O)C(=Cc1ccc(F)cc1)NC(=O)c1ccccc1. The number of nitrogens with one attached hydrogen (secondary N) is 3. The fourth-order valence-corrected chi connectivity index (χ4v) is 3.62. The van der Waals surface area contributed by atoms with Gasteiger partial charge in [0, 0.05) is 29.1 Å². The van der Waals surface area contributed by atoms with Crippen LogP contribution >= 0.6 is 0 Å². The predicted octanol–water partition coefficient (Wildman–Crippen LogP) is 3.89. The van der Waals surface area contributed by atoms with Gasteiger partial charge in [-0.05, 0) is 47.5 Å². The van der Waals surface area contributed by atoms with Gasteiger partial charge in [-0.25, -0.2) is 9.18 Å². The van der Waals surface area contributed by atoms with E-state index in [9.17, 15) is 23.9 Å². The molecule has 0 spiro atoms. The molecule has 7 nitrogen and oxygen atoms in total. The molecule has 3 aromatic carbocycles. The molecular formula is C27H22FN3O4. The number of hydrogen-bond donors (Lipinski definition) is 4. The number of benzene rings is 3. The predicted molar refractivity (Wildman–Crippen MR) is 130 cm³/mol. The van der Waals surface area contributed by atoms with Gasteiger partial charge in [-0.3, -0.25) is 9.59 Å². The highest BCUT2D eigenvalue weighted by Crippen LogP contribution is 2.19. The summed E-state index contributed by atoms with van der Waals surface area (Å²) in [6.07, 6.45) is 3.10. The Morgan fingerprint density at radius 1 is 0.943 bits per heavy atom. The summed E-state index contributed by atoms with van der Waals surface area (Å²) in [7, 11) is 0. The van der Waals surface area contributed by atoms with Crippen molar-refractivity contribution in [2.75, 3.05) is 0 Å². The molecule has 0 bridgehead atoms. The highest BCUT2D eigenvalue weighted by Gasteiger charge is 2.24. The molecule has 4 rings (SSSR count). The fourth-order valence-electron chi connectivity index (χ4n) is 3.62. The first-order valence-electron chi connectivity index (χ1n) is 10.8. The molecule has 1 aromatic heterocycles. The number of hydrogen-bond acceptors (Lipinski definition) is 3. The minimum atomic E-state index is -1.26. The van der Waals surface area contributed by atoms with Crippen molar-refractivity contribution < 1.29 is 23.9 Å². The van der Waals surface area contributed by atoms with E-state index in [4.69, 9.17) is 0 Å². The zero-order valence-corrected chi connectivity index (χ0v) is 18.5. The number of fused-ring (bicyclic) bond motifs is 1. The van der Waals surface area contributed by atoms with Crippen LogP contribution in [-0.2, 0) is 16.0 Å². The van der Waals surface area contributed by atoms with Gasteiger partial charge in [-0.1, -0.05) is 48.5 Å². The van der Waals surface area contributed by atoms with Crippen LogP contribution in [-0.4, -0.2) is 33.9 Å². The lowest BCUT2D eigenvalue weighted by Crippen LogP contribution is -2.45. The minimum Gasteiger partial charge on any atom is -0.480 e. The molecule has 1 heterocycles. The van der Waals surface area contributed by atoms with E-state index in [2.05, 4.69) is 15.6 Å². The second-order valence-electron chi connectivity index (χ2n) is 7.86. The Morgan fingerprint density at radius 3 is 2.34 bits per heavy atom. The number of carboxylic acids is 1. The minimum absolute atomic E-state index is 0.0293. The molecule has 4 N–H and O–H groups in total. The van der Waals surface area contributed by atoms with Crippen LogP contribution in [0.2, 0.25) is 0 Å². The number of carbonyl (C=O) groups is 3. The van der Waals surface area contributed by atoms with E-state index in [1.165, 1.54) is 30.3 Å². The van der Waals surface area contributed by atoms with Crippen molar-refractivity contribution in [2.24, 2.45) is 0 Å². The average Bonchev–Trinajstić information content (AvgIpc) is 3.27. The van der Waals surface area contributed by atoms with Gasteiger partial charge in [0.05, 0.1) is 0 Å². The van der Waals surface area contributed by atoms with Crippen LogP contribution < -0.4 is 10.6 Å². The largest absolute Gasteiger partial charge is 0.480 e. The number of rotatable bonds is 8. The number of carboxylic acid groups (broad SMARTS) is 1. The normalized spacial score (nSPS) is 12.2. The highest BCUT2D eigenvalue weighted by molar-refractivity contribution is 6.06. The van der Waals surface area contributed by atoms with Crippen molar-refractivity contribution in [2.45, 2.75) is 12.5 Å². The van der Waals surface area contributed by atoms with Crippen molar-refractivity contribution in [3.8, 4) is 0 Å². The Morgan fingerprint density at radius 2 is 1.63 bits per heavy atom.